The van der Waals surface area contributed by atoms with Gasteiger partial charge in [0.1, 0.15) is 22.5 Å². The molecule has 10 nitrogen and oxygen atoms in total. The number of benzene rings is 1. The Morgan fingerprint density at radius 2 is 1.91 bits per heavy atom. The molecule has 33 heavy (non-hydrogen) atoms. The summed E-state index contributed by atoms with van der Waals surface area (Å²) in [6.07, 6.45) is 0. The quantitative estimate of drug-likeness (QED) is 0.311. The molecular weight excluding hydrogens is 453 g/mol. The van der Waals surface area contributed by atoms with Crippen molar-refractivity contribution in [2.45, 2.75) is 17.4 Å². The zero-order valence-corrected chi connectivity index (χ0v) is 18.3. The first-order valence-corrected chi connectivity index (χ1v) is 11.6. The summed E-state index contributed by atoms with van der Waals surface area (Å²) in [5, 5.41) is 12.4. The van der Waals surface area contributed by atoms with Gasteiger partial charge in [0.05, 0.1) is 4.92 Å². The van der Waals surface area contributed by atoms with Crippen molar-refractivity contribution in [3.63, 3.8) is 0 Å². The van der Waals surface area contributed by atoms with Gasteiger partial charge in [0.25, 0.3) is 16.8 Å². The molecule has 1 aromatic heterocycles. The topological polar surface area (TPSA) is 126 Å². The van der Waals surface area contributed by atoms with Crippen LogP contribution in [0.3, 0.4) is 0 Å². The molecule has 12 heteroatoms. The third kappa shape index (κ3) is 3.59. The van der Waals surface area contributed by atoms with Crippen molar-refractivity contribution in [2.24, 2.45) is 0 Å². The van der Waals surface area contributed by atoms with Gasteiger partial charge in [0, 0.05) is 50.3 Å². The van der Waals surface area contributed by atoms with E-state index in [0.717, 1.165) is 0 Å². The van der Waals surface area contributed by atoms with Crippen molar-refractivity contribution in [1.29, 1.82) is 0 Å². The van der Waals surface area contributed by atoms with Gasteiger partial charge in [-0.1, -0.05) is 0 Å². The summed E-state index contributed by atoms with van der Waals surface area (Å²) in [7, 11) is -0.909. The number of nitro groups is 1. The number of hydrogen-bond acceptors (Lipinski definition) is 7. The van der Waals surface area contributed by atoms with Gasteiger partial charge in [-0.25, -0.2) is 19.5 Å². The Labute approximate surface area is 190 Å². The van der Waals surface area contributed by atoms with E-state index in [2.05, 4.69) is 10.3 Å². The van der Waals surface area contributed by atoms with E-state index in [1.807, 2.05) is 4.90 Å². The lowest BCUT2D eigenvalue weighted by molar-refractivity contribution is -0.384. The highest BCUT2D eigenvalue weighted by atomic mass is 32.2. The van der Waals surface area contributed by atoms with E-state index < -0.39 is 43.3 Å². The summed E-state index contributed by atoms with van der Waals surface area (Å²) in [5.74, 6) is -0.465. The molecule has 1 aromatic carbocycles. The van der Waals surface area contributed by atoms with E-state index in [1.165, 1.54) is 31.2 Å². The normalized spacial score (nSPS) is 23.9. The molecule has 0 spiro atoms. The first-order valence-electron chi connectivity index (χ1n) is 10.3. The third-order valence-electron chi connectivity index (χ3n) is 6.12. The molecular formula is C21H19FN5O5S+. The van der Waals surface area contributed by atoms with Crippen LogP contribution < -0.4 is 10.2 Å². The smallest absolute Gasteiger partial charge is 0.353 e. The molecule has 0 saturated carbocycles. The lowest BCUT2D eigenvalue weighted by Crippen LogP contribution is -2.48. The maximum atomic E-state index is 14.6. The van der Waals surface area contributed by atoms with Crippen LogP contribution in [0.2, 0.25) is 0 Å². The van der Waals surface area contributed by atoms with E-state index in [4.69, 9.17) is 0 Å². The summed E-state index contributed by atoms with van der Waals surface area (Å²) in [6.45, 7) is 3.61. The van der Waals surface area contributed by atoms with Crippen LogP contribution in [-0.4, -0.2) is 63.3 Å². The van der Waals surface area contributed by atoms with Gasteiger partial charge >= 0.3 is 5.24 Å². The minimum absolute atomic E-state index is 0.0106. The van der Waals surface area contributed by atoms with Crippen LogP contribution in [0.4, 0.5) is 20.7 Å². The lowest BCUT2D eigenvalue weighted by atomic mass is 10.0. The molecule has 4 heterocycles. The number of nitrogens with zero attached hydrogens (tertiary/aromatic N) is 4. The highest BCUT2D eigenvalue weighted by Gasteiger charge is 2.78. The van der Waals surface area contributed by atoms with Gasteiger partial charge in [0.15, 0.2) is 5.69 Å². The Balaban J connectivity index is 1.49. The number of piperazine rings is 1. The van der Waals surface area contributed by atoms with Gasteiger partial charge in [-0.3, -0.25) is 19.7 Å². The maximum absolute atomic E-state index is 14.6. The third-order valence-corrected chi connectivity index (χ3v) is 8.45. The number of imide groups is 1. The Morgan fingerprint density at radius 3 is 2.52 bits per heavy atom. The number of halogens is 1. The van der Waals surface area contributed by atoms with Gasteiger partial charge in [-0.15, -0.1) is 0 Å². The second-order valence-corrected chi connectivity index (χ2v) is 10.1. The molecule has 2 aromatic rings. The predicted octanol–water partition coefficient (Wildman–Crippen LogP) is 1.76. The first-order chi connectivity index (χ1) is 15.8. The number of amides is 3. The molecule has 3 fully saturated rings. The molecule has 1 N–H and O–H groups in total. The largest absolute Gasteiger partial charge is 0.437 e. The number of fused-ring (bicyclic) bond motifs is 1. The SMILES string of the molecule is CC(=O)N1CCN(c2ccc([N+](=O)[O-])c(-c3ccc(F)c(C4[C@@H]5C(=O)NC(=O)[S+]45)c3)n2)CC1. The van der Waals surface area contributed by atoms with Crippen LogP contribution in [0, 0.1) is 15.9 Å². The summed E-state index contributed by atoms with van der Waals surface area (Å²) in [4.78, 5) is 54.7. The van der Waals surface area contributed by atoms with Crippen molar-refractivity contribution in [3.05, 3.63) is 51.8 Å². The van der Waals surface area contributed by atoms with E-state index in [0.29, 0.717) is 37.6 Å². The lowest BCUT2D eigenvalue weighted by Gasteiger charge is -2.35. The van der Waals surface area contributed by atoms with Crippen LogP contribution >= 0.6 is 0 Å². The van der Waals surface area contributed by atoms with Crippen molar-refractivity contribution in [2.75, 3.05) is 31.1 Å². The fraction of sp³-hybridized carbons (Fsp3) is 0.333. The average molecular weight is 472 g/mol. The fourth-order valence-electron chi connectivity index (χ4n) is 4.36. The van der Waals surface area contributed by atoms with Crippen molar-refractivity contribution < 1.29 is 23.7 Å². The van der Waals surface area contributed by atoms with E-state index >= 15 is 0 Å². The summed E-state index contributed by atoms with van der Waals surface area (Å²) in [6, 6.07) is 6.98. The number of nitrogens with one attached hydrogen (secondary N) is 1. The minimum atomic E-state index is -0.909. The van der Waals surface area contributed by atoms with Gasteiger partial charge in [-0.05, 0) is 24.3 Å². The van der Waals surface area contributed by atoms with Crippen molar-refractivity contribution in [1.82, 2.24) is 15.2 Å². The number of rotatable bonds is 4. The molecule has 3 saturated heterocycles. The number of carbonyl (C=O) groups excluding carboxylic acids is 3. The first kappa shape index (κ1) is 21.3. The van der Waals surface area contributed by atoms with E-state index in [-0.39, 0.29) is 22.9 Å². The zero-order chi connectivity index (χ0) is 23.4. The van der Waals surface area contributed by atoms with Gasteiger partial charge in [0.2, 0.25) is 11.2 Å². The second-order valence-electron chi connectivity index (χ2n) is 8.01. The Hall–Kier alpha value is -3.54. The average Bonchev–Trinajstić information content (AvgIpc) is 3.47. The maximum Gasteiger partial charge on any atom is 0.437 e. The summed E-state index contributed by atoms with van der Waals surface area (Å²) < 4.78 is 14.6. The van der Waals surface area contributed by atoms with Crippen LogP contribution in [0.15, 0.2) is 30.3 Å². The molecule has 0 aliphatic carbocycles. The Kier molecular flexibility index (Phi) is 5.04. The molecule has 3 amide bonds. The van der Waals surface area contributed by atoms with Gasteiger partial charge in [-0.2, -0.15) is 0 Å². The van der Waals surface area contributed by atoms with Crippen LogP contribution in [0.25, 0.3) is 11.3 Å². The standard InChI is InChI=1S/C21H18FN5O5S/c1-11(28)25-6-8-26(9-7-25)16-5-4-15(27(31)32)17(23-16)12-2-3-14(22)13(10-12)18-19-20(29)24-21(30)33(18)19/h2-5,10,18-19H,6-9H2,1H3/p+1/t18?,19-,33?/m1/s1. The number of carbonyl (C=O) groups is 3. The van der Waals surface area contributed by atoms with Crippen LogP contribution in [-0.2, 0) is 20.5 Å². The Morgan fingerprint density at radius 1 is 1.18 bits per heavy atom. The zero-order valence-electron chi connectivity index (χ0n) is 17.5. The van der Waals surface area contributed by atoms with Gasteiger partial charge < -0.3 is 9.80 Å². The number of hydrogen-bond donors (Lipinski definition) is 1. The molecule has 3 aliphatic heterocycles. The predicted molar refractivity (Wildman–Crippen MR) is 118 cm³/mol. The molecule has 0 bridgehead atoms. The van der Waals surface area contributed by atoms with E-state index in [9.17, 15) is 28.9 Å². The molecule has 5 rings (SSSR count). The Bertz CT molecular complexity index is 1200. The van der Waals surface area contributed by atoms with Crippen LogP contribution in [0.1, 0.15) is 17.7 Å². The molecule has 3 aliphatic rings. The molecule has 3 atom stereocenters. The highest BCUT2D eigenvalue weighted by Crippen LogP contribution is 2.54. The molecule has 0 radical (unpaired) electrons. The minimum Gasteiger partial charge on any atom is -0.353 e. The molecule has 2 unspecified atom stereocenters. The van der Waals surface area contributed by atoms with E-state index in [1.54, 1.807) is 11.0 Å². The highest BCUT2D eigenvalue weighted by molar-refractivity contribution is 8.19. The molecule has 170 valence electrons. The van der Waals surface area contributed by atoms with Crippen molar-refractivity contribution in [3.8, 4) is 11.3 Å². The number of pyridine rings is 1. The number of anilines is 1. The fourth-order valence-corrected chi connectivity index (χ4v) is 6.64. The number of aromatic nitrogens is 1. The van der Waals surface area contributed by atoms with Crippen molar-refractivity contribution >= 4 is 39.5 Å². The second kappa shape index (κ2) is 7.80. The summed E-state index contributed by atoms with van der Waals surface area (Å²) in [5.41, 5.74) is 0.383. The van der Waals surface area contributed by atoms with Crippen LogP contribution in [0.5, 0.6) is 0 Å². The summed E-state index contributed by atoms with van der Waals surface area (Å²) >= 11 is 0. The monoisotopic (exact) mass is 472 g/mol.